The molecule has 3 rings (SSSR count). The van der Waals surface area contributed by atoms with Gasteiger partial charge in [0, 0.05) is 36.3 Å². The van der Waals surface area contributed by atoms with E-state index in [2.05, 4.69) is 4.98 Å². The molecule has 0 unspecified atom stereocenters. The van der Waals surface area contributed by atoms with Crippen LogP contribution in [0.3, 0.4) is 0 Å². The molecule has 0 aliphatic rings. The van der Waals surface area contributed by atoms with Crippen molar-refractivity contribution >= 4 is 32.4 Å². The molecular formula is C21H22FN3O3S. The molecule has 0 fully saturated rings. The Bertz CT molecular complexity index is 1110. The Morgan fingerprint density at radius 1 is 1.03 bits per heavy atom. The number of rotatable bonds is 7. The zero-order valence-electron chi connectivity index (χ0n) is 16.2. The first kappa shape index (κ1) is 20.7. The highest BCUT2D eigenvalue weighted by Crippen LogP contribution is 2.29. The second-order valence-electron chi connectivity index (χ2n) is 6.41. The fourth-order valence-electron chi connectivity index (χ4n) is 3.16. The van der Waals surface area contributed by atoms with E-state index < -0.39 is 15.8 Å². The van der Waals surface area contributed by atoms with Crippen LogP contribution < -0.4 is 4.31 Å². The van der Waals surface area contributed by atoms with E-state index in [0.29, 0.717) is 23.9 Å². The number of amides is 1. The van der Waals surface area contributed by atoms with Gasteiger partial charge in [-0.05, 0) is 50.2 Å². The number of nitrogens with zero attached hydrogens (tertiary/aromatic N) is 3. The minimum absolute atomic E-state index is 0.0640. The second-order valence-corrected chi connectivity index (χ2v) is 8.24. The number of aromatic nitrogens is 1. The summed E-state index contributed by atoms with van der Waals surface area (Å²) in [5.41, 5.74) is 0.220. The van der Waals surface area contributed by atoms with Crippen molar-refractivity contribution in [3.8, 4) is 0 Å². The number of sulfonamides is 1. The highest BCUT2D eigenvalue weighted by atomic mass is 32.2. The van der Waals surface area contributed by atoms with E-state index in [1.807, 2.05) is 13.8 Å². The summed E-state index contributed by atoms with van der Waals surface area (Å²) in [4.78, 5) is 18.4. The highest BCUT2D eigenvalue weighted by Gasteiger charge is 2.29. The standard InChI is InChI=1S/C21H22FN3O3S/c1-3-24(4-2)21(26)15-25(18-10-8-17(22)9-11-18)29(27,28)20-7-5-6-16-14-23-13-12-19(16)20/h5-14H,3-4,15H2,1-2H3. The van der Waals surface area contributed by atoms with E-state index in [0.717, 1.165) is 4.31 Å². The number of anilines is 1. The van der Waals surface area contributed by atoms with Crippen LogP contribution in [-0.4, -0.2) is 43.8 Å². The molecule has 0 aliphatic heterocycles. The van der Waals surface area contributed by atoms with Crippen LogP contribution in [0.25, 0.3) is 10.8 Å². The van der Waals surface area contributed by atoms with Crippen LogP contribution in [0.5, 0.6) is 0 Å². The number of carbonyl (C=O) groups excluding carboxylic acids is 1. The van der Waals surface area contributed by atoms with Crippen molar-refractivity contribution < 1.29 is 17.6 Å². The van der Waals surface area contributed by atoms with Gasteiger partial charge in [0.05, 0.1) is 10.6 Å². The van der Waals surface area contributed by atoms with Gasteiger partial charge in [0.2, 0.25) is 5.91 Å². The molecule has 3 aromatic rings. The Kier molecular flexibility index (Phi) is 6.12. The summed E-state index contributed by atoms with van der Waals surface area (Å²) in [5, 5.41) is 1.17. The smallest absolute Gasteiger partial charge is 0.265 e. The Morgan fingerprint density at radius 3 is 2.38 bits per heavy atom. The zero-order chi connectivity index (χ0) is 21.0. The Balaban J connectivity index is 2.13. The van der Waals surface area contributed by atoms with Crippen LogP contribution in [0.2, 0.25) is 0 Å². The van der Waals surface area contributed by atoms with Crippen molar-refractivity contribution in [3.63, 3.8) is 0 Å². The van der Waals surface area contributed by atoms with Crippen molar-refractivity contribution in [2.75, 3.05) is 23.9 Å². The lowest BCUT2D eigenvalue weighted by atomic mass is 10.2. The van der Waals surface area contributed by atoms with Gasteiger partial charge in [-0.25, -0.2) is 12.8 Å². The number of likely N-dealkylation sites (N-methyl/N-ethyl adjacent to an activating group) is 1. The maximum atomic E-state index is 13.6. The van der Waals surface area contributed by atoms with E-state index in [9.17, 15) is 17.6 Å². The van der Waals surface area contributed by atoms with Gasteiger partial charge < -0.3 is 4.90 Å². The van der Waals surface area contributed by atoms with E-state index in [1.54, 1.807) is 29.3 Å². The third kappa shape index (κ3) is 4.22. The van der Waals surface area contributed by atoms with Gasteiger partial charge in [-0.1, -0.05) is 12.1 Å². The Labute approximate surface area is 169 Å². The van der Waals surface area contributed by atoms with Gasteiger partial charge in [-0.2, -0.15) is 0 Å². The predicted octanol–water partition coefficient (Wildman–Crippen LogP) is 3.44. The van der Waals surface area contributed by atoms with E-state index >= 15 is 0 Å². The van der Waals surface area contributed by atoms with E-state index in [-0.39, 0.29) is 23.0 Å². The quantitative estimate of drug-likeness (QED) is 0.593. The molecule has 1 amide bonds. The molecule has 1 heterocycles. The molecule has 6 nitrogen and oxygen atoms in total. The zero-order valence-corrected chi connectivity index (χ0v) is 17.1. The van der Waals surface area contributed by atoms with Crippen LogP contribution >= 0.6 is 0 Å². The molecule has 8 heteroatoms. The molecule has 0 spiro atoms. The summed E-state index contributed by atoms with van der Waals surface area (Å²) in [6.07, 6.45) is 3.10. The fourth-order valence-corrected chi connectivity index (χ4v) is 4.79. The lowest BCUT2D eigenvalue weighted by molar-refractivity contribution is -0.129. The van der Waals surface area contributed by atoms with Crippen LogP contribution in [0.15, 0.2) is 65.8 Å². The molecule has 2 aromatic carbocycles. The molecule has 152 valence electrons. The van der Waals surface area contributed by atoms with Crippen molar-refractivity contribution in [1.82, 2.24) is 9.88 Å². The normalized spacial score (nSPS) is 11.4. The van der Waals surface area contributed by atoms with Crippen molar-refractivity contribution in [2.45, 2.75) is 18.7 Å². The number of fused-ring (bicyclic) bond motifs is 1. The molecule has 29 heavy (non-hydrogen) atoms. The Morgan fingerprint density at radius 2 is 1.72 bits per heavy atom. The van der Waals surface area contributed by atoms with Gasteiger partial charge in [-0.3, -0.25) is 14.1 Å². The van der Waals surface area contributed by atoms with E-state index in [4.69, 9.17) is 0 Å². The van der Waals surface area contributed by atoms with Gasteiger partial charge in [0.15, 0.2) is 0 Å². The van der Waals surface area contributed by atoms with Gasteiger partial charge in [0.1, 0.15) is 12.4 Å². The van der Waals surface area contributed by atoms with Gasteiger partial charge >= 0.3 is 0 Å². The summed E-state index contributed by atoms with van der Waals surface area (Å²) in [7, 11) is -4.10. The third-order valence-electron chi connectivity index (χ3n) is 4.72. The minimum atomic E-state index is -4.10. The van der Waals surface area contributed by atoms with Crippen LogP contribution in [0.4, 0.5) is 10.1 Å². The summed E-state index contributed by atoms with van der Waals surface area (Å²) in [6, 6.07) is 11.6. The molecule has 0 saturated carbocycles. The summed E-state index contributed by atoms with van der Waals surface area (Å²) < 4.78 is 41.7. The maximum Gasteiger partial charge on any atom is 0.265 e. The molecule has 0 N–H and O–H groups in total. The fraction of sp³-hybridized carbons (Fsp3) is 0.238. The van der Waals surface area contributed by atoms with Crippen molar-refractivity contribution in [1.29, 1.82) is 0 Å². The first-order valence-electron chi connectivity index (χ1n) is 9.27. The van der Waals surface area contributed by atoms with Crippen LogP contribution in [0.1, 0.15) is 13.8 Å². The molecule has 0 aliphatic carbocycles. The predicted molar refractivity (Wildman–Crippen MR) is 111 cm³/mol. The molecule has 0 radical (unpaired) electrons. The average molecular weight is 415 g/mol. The SMILES string of the molecule is CCN(CC)C(=O)CN(c1ccc(F)cc1)S(=O)(=O)c1cccc2cnccc12. The van der Waals surface area contributed by atoms with Crippen molar-refractivity contribution in [3.05, 3.63) is 66.7 Å². The highest BCUT2D eigenvalue weighted by molar-refractivity contribution is 7.93. The molecular weight excluding hydrogens is 393 g/mol. The Hall–Kier alpha value is -3.00. The lowest BCUT2D eigenvalue weighted by Crippen LogP contribution is -2.43. The number of pyridine rings is 1. The number of carbonyl (C=O) groups is 1. The van der Waals surface area contributed by atoms with Gasteiger partial charge in [0.25, 0.3) is 10.0 Å². The average Bonchev–Trinajstić information content (AvgIpc) is 2.73. The summed E-state index contributed by atoms with van der Waals surface area (Å²) in [5.74, 6) is -0.817. The largest absolute Gasteiger partial charge is 0.342 e. The molecule has 0 bridgehead atoms. The van der Waals surface area contributed by atoms with Gasteiger partial charge in [-0.15, -0.1) is 0 Å². The monoisotopic (exact) mass is 415 g/mol. The van der Waals surface area contributed by atoms with Crippen LogP contribution in [0, 0.1) is 5.82 Å². The number of benzene rings is 2. The lowest BCUT2D eigenvalue weighted by Gasteiger charge is -2.27. The topological polar surface area (TPSA) is 70.6 Å². The minimum Gasteiger partial charge on any atom is -0.342 e. The third-order valence-corrected chi connectivity index (χ3v) is 6.55. The number of hydrogen-bond acceptors (Lipinski definition) is 4. The first-order chi connectivity index (χ1) is 13.9. The summed E-state index contributed by atoms with van der Waals surface area (Å²) in [6.45, 7) is 4.21. The first-order valence-corrected chi connectivity index (χ1v) is 10.7. The molecule has 1 aromatic heterocycles. The summed E-state index contributed by atoms with van der Waals surface area (Å²) >= 11 is 0. The van der Waals surface area contributed by atoms with E-state index in [1.165, 1.54) is 36.5 Å². The molecule has 0 atom stereocenters. The molecule has 0 saturated heterocycles. The second kappa shape index (κ2) is 8.57. The number of halogens is 1. The van der Waals surface area contributed by atoms with Crippen LogP contribution in [-0.2, 0) is 14.8 Å². The van der Waals surface area contributed by atoms with Crippen molar-refractivity contribution in [2.24, 2.45) is 0 Å². The number of hydrogen-bond donors (Lipinski definition) is 0. The maximum absolute atomic E-state index is 13.6.